The van der Waals surface area contributed by atoms with Crippen molar-refractivity contribution in [1.82, 2.24) is 14.9 Å². The van der Waals surface area contributed by atoms with E-state index in [4.69, 9.17) is 9.47 Å². The number of nitrogens with one attached hydrogen (secondary N) is 2. The number of hydrogen-bond donors (Lipinski definition) is 2. The largest absolute Gasteiger partial charge is 0.454 e. The van der Waals surface area contributed by atoms with E-state index in [2.05, 4.69) is 9.97 Å². The van der Waals surface area contributed by atoms with Gasteiger partial charge in [0.05, 0.1) is 0 Å². The SMILES string of the molecule is Cc1[nH]c(=O)[nH]c(=O)c1CCC(=O)N(C)Cc1ccc2c(c1)OCO2. The first-order chi connectivity index (χ1) is 11.9. The first-order valence-electron chi connectivity index (χ1n) is 7.88. The van der Waals surface area contributed by atoms with Gasteiger partial charge >= 0.3 is 5.69 Å². The third-order valence-electron chi connectivity index (χ3n) is 4.13. The molecule has 0 fully saturated rings. The highest BCUT2D eigenvalue weighted by Crippen LogP contribution is 2.32. The van der Waals surface area contributed by atoms with E-state index in [9.17, 15) is 14.4 Å². The second-order valence-electron chi connectivity index (χ2n) is 5.95. The quantitative estimate of drug-likeness (QED) is 0.830. The van der Waals surface area contributed by atoms with Crippen LogP contribution in [-0.4, -0.2) is 34.6 Å². The van der Waals surface area contributed by atoms with Gasteiger partial charge < -0.3 is 19.4 Å². The van der Waals surface area contributed by atoms with E-state index in [1.54, 1.807) is 18.9 Å². The van der Waals surface area contributed by atoms with Crippen molar-refractivity contribution in [2.24, 2.45) is 0 Å². The van der Waals surface area contributed by atoms with Gasteiger partial charge in [-0.05, 0) is 31.0 Å². The maximum absolute atomic E-state index is 12.3. The molecule has 3 rings (SSSR count). The zero-order valence-electron chi connectivity index (χ0n) is 14.0. The summed E-state index contributed by atoms with van der Waals surface area (Å²) in [5, 5.41) is 0. The number of benzene rings is 1. The molecule has 2 aromatic rings. The summed E-state index contributed by atoms with van der Waals surface area (Å²) in [6.45, 7) is 2.28. The van der Waals surface area contributed by atoms with Crippen LogP contribution in [0.5, 0.6) is 11.5 Å². The van der Waals surface area contributed by atoms with E-state index in [1.165, 1.54) is 0 Å². The number of ether oxygens (including phenoxy) is 2. The topological polar surface area (TPSA) is 104 Å². The van der Waals surface area contributed by atoms with Crippen molar-refractivity contribution in [2.75, 3.05) is 13.8 Å². The van der Waals surface area contributed by atoms with Gasteiger partial charge in [0, 0.05) is 31.3 Å². The lowest BCUT2D eigenvalue weighted by atomic mass is 10.1. The first kappa shape index (κ1) is 16.8. The molecule has 8 nitrogen and oxygen atoms in total. The maximum Gasteiger partial charge on any atom is 0.325 e. The van der Waals surface area contributed by atoms with Crippen molar-refractivity contribution < 1.29 is 14.3 Å². The number of H-pyrrole nitrogens is 2. The Hall–Kier alpha value is -3.03. The van der Waals surface area contributed by atoms with Crippen LogP contribution in [0.4, 0.5) is 0 Å². The van der Waals surface area contributed by atoms with Crippen LogP contribution in [0, 0.1) is 6.92 Å². The van der Waals surface area contributed by atoms with Crippen molar-refractivity contribution in [3.8, 4) is 11.5 Å². The van der Waals surface area contributed by atoms with E-state index in [1.807, 2.05) is 18.2 Å². The molecule has 1 aliphatic rings. The molecular weight excluding hydrogens is 326 g/mol. The van der Waals surface area contributed by atoms with Crippen molar-refractivity contribution in [1.29, 1.82) is 0 Å². The molecule has 0 radical (unpaired) electrons. The highest BCUT2D eigenvalue weighted by atomic mass is 16.7. The molecule has 1 aromatic heterocycles. The Morgan fingerprint density at radius 3 is 2.72 bits per heavy atom. The van der Waals surface area contributed by atoms with Crippen molar-refractivity contribution in [3.63, 3.8) is 0 Å². The Balaban J connectivity index is 1.62. The maximum atomic E-state index is 12.3. The monoisotopic (exact) mass is 345 g/mol. The summed E-state index contributed by atoms with van der Waals surface area (Å²) >= 11 is 0. The molecule has 2 N–H and O–H groups in total. The third kappa shape index (κ3) is 3.73. The molecule has 1 aromatic carbocycles. The third-order valence-corrected chi connectivity index (χ3v) is 4.13. The van der Waals surface area contributed by atoms with Gasteiger partial charge in [0.25, 0.3) is 5.56 Å². The van der Waals surface area contributed by atoms with Gasteiger partial charge in [-0.1, -0.05) is 6.07 Å². The Kier molecular flexibility index (Phi) is 4.60. The van der Waals surface area contributed by atoms with Crippen LogP contribution in [0.3, 0.4) is 0 Å². The molecule has 0 saturated heterocycles. The molecule has 0 saturated carbocycles. The first-order valence-corrected chi connectivity index (χ1v) is 7.88. The fourth-order valence-corrected chi connectivity index (χ4v) is 2.75. The predicted octanol–water partition coefficient (Wildman–Crippen LogP) is 0.692. The summed E-state index contributed by atoms with van der Waals surface area (Å²) in [6, 6.07) is 5.55. The fraction of sp³-hybridized carbons (Fsp3) is 0.353. The molecule has 0 unspecified atom stereocenters. The minimum atomic E-state index is -0.544. The summed E-state index contributed by atoms with van der Waals surface area (Å²) < 4.78 is 10.6. The lowest BCUT2D eigenvalue weighted by Gasteiger charge is -2.17. The van der Waals surface area contributed by atoms with Crippen LogP contribution in [0.2, 0.25) is 0 Å². The fourth-order valence-electron chi connectivity index (χ4n) is 2.75. The van der Waals surface area contributed by atoms with E-state index in [-0.39, 0.29) is 25.5 Å². The molecule has 1 aliphatic heterocycles. The van der Waals surface area contributed by atoms with Gasteiger partial charge in [-0.15, -0.1) is 0 Å². The average molecular weight is 345 g/mol. The number of hydrogen-bond acceptors (Lipinski definition) is 5. The number of carbonyl (C=O) groups is 1. The zero-order valence-corrected chi connectivity index (χ0v) is 14.0. The highest BCUT2D eigenvalue weighted by Gasteiger charge is 2.16. The number of amides is 1. The smallest absolute Gasteiger partial charge is 0.325 e. The minimum absolute atomic E-state index is 0.0948. The Morgan fingerprint density at radius 2 is 1.96 bits per heavy atom. The predicted molar refractivity (Wildman–Crippen MR) is 89.8 cm³/mol. The van der Waals surface area contributed by atoms with Gasteiger partial charge in [-0.25, -0.2) is 4.79 Å². The number of aryl methyl sites for hydroxylation is 1. The molecule has 25 heavy (non-hydrogen) atoms. The van der Waals surface area contributed by atoms with Crippen molar-refractivity contribution in [2.45, 2.75) is 26.3 Å². The van der Waals surface area contributed by atoms with E-state index in [0.717, 1.165) is 5.56 Å². The minimum Gasteiger partial charge on any atom is -0.454 e. The van der Waals surface area contributed by atoms with E-state index in [0.29, 0.717) is 29.3 Å². The second kappa shape index (κ2) is 6.84. The summed E-state index contributed by atoms with van der Waals surface area (Å²) in [7, 11) is 1.71. The number of fused-ring (bicyclic) bond motifs is 1. The van der Waals surface area contributed by atoms with Gasteiger partial charge in [0.15, 0.2) is 11.5 Å². The highest BCUT2D eigenvalue weighted by molar-refractivity contribution is 5.76. The van der Waals surface area contributed by atoms with Crippen LogP contribution in [-0.2, 0) is 17.8 Å². The molecule has 0 atom stereocenters. The standard InChI is InChI=1S/C17H19N3O5/c1-10-12(16(22)19-17(23)18-10)4-6-15(21)20(2)8-11-3-5-13-14(7-11)25-9-24-13/h3,5,7H,4,6,8-9H2,1-2H3,(H2,18,19,22,23). The molecule has 0 aliphatic carbocycles. The molecule has 2 heterocycles. The molecular formula is C17H19N3O5. The van der Waals surface area contributed by atoms with E-state index >= 15 is 0 Å². The molecule has 0 bridgehead atoms. The van der Waals surface area contributed by atoms with Crippen LogP contribution in [0.1, 0.15) is 23.2 Å². The van der Waals surface area contributed by atoms with Gasteiger partial charge in [0.1, 0.15) is 0 Å². The number of aromatic amines is 2. The van der Waals surface area contributed by atoms with Crippen LogP contribution < -0.4 is 20.7 Å². The number of carbonyl (C=O) groups excluding carboxylic acids is 1. The van der Waals surface area contributed by atoms with E-state index < -0.39 is 11.2 Å². The summed E-state index contributed by atoms with van der Waals surface area (Å²) in [6.07, 6.45) is 0.444. The normalized spacial score (nSPS) is 12.2. The van der Waals surface area contributed by atoms with Gasteiger partial charge in [0.2, 0.25) is 12.7 Å². The molecule has 8 heteroatoms. The van der Waals surface area contributed by atoms with Crippen molar-refractivity contribution in [3.05, 3.63) is 55.9 Å². The molecule has 0 spiro atoms. The number of rotatable bonds is 5. The zero-order chi connectivity index (χ0) is 18.0. The average Bonchev–Trinajstić information content (AvgIpc) is 3.01. The lowest BCUT2D eigenvalue weighted by Crippen LogP contribution is -2.30. The lowest BCUT2D eigenvalue weighted by molar-refractivity contribution is -0.130. The molecule has 1 amide bonds. The number of nitrogens with zero attached hydrogens (tertiary/aromatic N) is 1. The van der Waals surface area contributed by atoms with Crippen LogP contribution >= 0.6 is 0 Å². The van der Waals surface area contributed by atoms with Crippen molar-refractivity contribution >= 4 is 5.91 Å². The Labute approximate surface area is 143 Å². The Bertz CT molecular complexity index is 915. The van der Waals surface area contributed by atoms with Gasteiger partial charge in [-0.2, -0.15) is 0 Å². The summed E-state index contributed by atoms with van der Waals surface area (Å²) in [5.74, 6) is 1.28. The van der Waals surface area contributed by atoms with Crippen LogP contribution in [0.25, 0.3) is 0 Å². The van der Waals surface area contributed by atoms with Crippen LogP contribution in [0.15, 0.2) is 27.8 Å². The number of aromatic nitrogens is 2. The summed E-state index contributed by atoms with van der Waals surface area (Å²) in [5.41, 5.74) is 0.840. The second-order valence-corrected chi connectivity index (χ2v) is 5.95. The Morgan fingerprint density at radius 1 is 1.20 bits per heavy atom. The van der Waals surface area contributed by atoms with Gasteiger partial charge in [-0.3, -0.25) is 14.6 Å². The summed E-state index contributed by atoms with van der Waals surface area (Å²) in [4.78, 5) is 41.6. The molecule has 132 valence electrons.